The van der Waals surface area contributed by atoms with Crippen LogP contribution in [0.3, 0.4) is 0 Å². The first-order chi connectivity index (χ1) is 12.2. The number of rotatable bonds is 5. The molecule has 4 nitrogen and oxygen atoms in total. The topological polar surface area (TPSA) is 49.6 Å². The minimum Gasteiger partial charge on any atom is -0.341 e. The lowest BCUT2D eigenvalue weighted by atomic mass is 9.85. The van der Waals surface area contributed by atoms with Crippen LogP contribution in [0.25, 0.3) is 0 Å². The molecule has 2 N–H and O–H groups in total. The van der Waals surface area contributed by atoms with Crippen molar-refractivity contribution in [3.63, 3.8) is 0 Å². The Hall–Kier alpha value is -1.39. The van der Waals surface area contributed by atoms with Gasteiger partial charge >= 0.3 is 0 Å². The van der Waals surface area contributed by atoms with Crippen molar-refractivity contribution < 1.29 is 4.79 Å². The van der Waals surface area contributed by atoms with Crippen molar-refractivity contribution in [2.24, 2.45) is 11.7 Å². The van der Waals surface area contributed by atoms with E-state index in [2.05, 4.69) is 40.1 Å². The first-order valence-electron chi connectivity index (χ1n) is 10.0. The molecule has 1 saturated carbocycles. The van der Waals surface area contributed by atoms with Crippen LogP contribution in [0, 0.1) is 5.92 Å². The molecule has 1 aliphatic heterocycles. The Labute approximate surface area is 152 Å². The molecule has 2 atom stereocenters. The number of nitrogens with zero attached hydrogens (tertiary/aromatic N) is 2. The third-order valence-electron chi connectivity index (χ3n) is 5.75. The molecular weight excluding hydrogens is 310 g/mol. The molecule has 4 heteroatoms. The van der Waals surface area contributed by atoms with Crippen LogP contribution in [0.4, 0.5) is 0 Å². The maximum atomic E-state index is 12.8. The van der Waals surface area contributed by atoms with Crippen molar-refractivity contribution in [2.45, 2.75) is 51.0 Å². The SMILES string of the molecule is N[C@@H]1CCC[C@H](C(=O)N2CCCN(CCCc3ccccc3)CC2)C1. The van der Waals surface area contributed by atoms with Gasteiger partial charge in [0.1, 0.15) is 0 Å². The van der Waals surface area contributed by atoms with Crippen LogP contribution in [0.15, 0.2) is 30.3 Å². The van der Waals surface area contributed by atoms with Crippen molar-refractivity contribution in [3.8, 4) is 0 Å². The van der Waals surface area contributed by atoms with E-state index >= 15 is 0 Å². The second-order valence-corrected chi connectivity index (χ2v) is 7.73. The van der Waals surface area contributed by atoms with Crippen LogP contribution >= 0.6 is 0 Å². The van der Waals surface area contributed by atoms with Gasteiger partial charge in [-0.2, -0.15) is 0 Å². The van der Waals surface area contributed by atoms with E-state index in [-0.39, 0.29) is 12.0 Å². The minimum atomic E-state index is 0.174. The quantitative estimate of drug-likeness (QED) is 0.894. The smallest absolute Gasteiger partial charge is 0.225 e. The fourth-order valence-electron chi connectivity index (χ4n) is 4.28. The van der Waals surface area contributed by atoms with Crippen LogP contribution in [-0.2, 0) is 11.2 Å². The maximum Gasteiger partial charge on any atom is 0.225 e. The standard InChI is InChI=1S/C21H33N3O/c22-20-11-4-10-19(17-20)21(25)24-14-6-13-23(15-16-24)12-5-9-18-7-2-1-3-8-18/h1-3,7-8,19-20H,4-6,9-17,22H2/t19-,20+/m0/s1. The number of hydrogen-bond donors (Lipinski definition) is 1. The van der Waals surface area contributed by atoms with Crippen LogP contribution in [0.1, 0.15) is 44.1 Å². The fraction of sp³-hybridized carbons (Fsp3) is 0.667. The van der Waals surface area contributed by atoms with Crippen LogP contribution < -0.4 is 5.73 Å². The van der Waals surface area contributed by atoms with Crippen molar-refractivity contribution >= 4 is 5.91 Å². The maximum absolute atomic E-state index is 12.8. The molecular formula is C21H33N3O. The molecule has 138 valence electrons. The second-order valence-electron chi connectivity index (χ2n) is 7.73. The molecule has 2 aliphatic rings. The molecule has 3 rings (SSSR count). The predicted octanol–water partition coefficient (Wildman–Crippen LogP) is 2.67. The number of carbonyl (C=O) groups excluding carboxylic acids is 1. The molecule has 0 radical (unpaired) electrons. The van der Waals surface area contributed by atoms with Crippen molar-refractivity contribution in [1.29, 1.82) is 0 Å². The summed E-state index contributed by atoms with van der Waals surface area (Å²) in [5.74, 6) is 0.537. The van der Waals surface area contributed by atoms with Crippen LogP contribution in [0.5, 0.6) is 0 Å². The summed E-state index contributed by atoms with van der Waals surface area (Å²) in [4.78, 5) is 17.5. The summed E-state index contributed by atoms with van der Waals surface area (Å²) in [6.45, 7) is 5.06. The highest BCUT2D eigenvalue weighted by Crippen LogP contribution is 2.25. The zero-order valence-corrected chi connectivity index (χ0v) is 15.4. The van der Waals surface area contributed by atoms with Crippen LogP contribution in [0.2, 0.25) is 0 Å². The van der Waals surface area contributed by atoms with Gasteiger partial charge in [0.25, 0.3) is 0 Å². The molecule has 0 unspecified atom stereocenters. The molecule has 1 aromatic carbocycles. The predicted molar refractivity (Wildman–Crippen MR) is 102 cm³/mol. The largest absolute Gasteiger partial charge is 0.341 e. The number of carbonyl (C=O) groups is 1. The molecule has 25 heavy (non-hydrogen) atoms. The van der Waals surface area contributed by atoms with Gasteiger partial charge < -0.3 is 15.5 Å². The number of aryl methyl sites for hydroxylation is 1. The lowest BCUT2D eigenvalue weighted by molar-refractivity contribution is -0.136. The first kappa shape index (κ1) is 18.4. The summed E-state index contributed by atoms with van der Waals surface area (Å²) >= 11 is 0. The highest BCUT2D eigenvalue weighted by Gasteiger charge is 2.29. The zero-order valence-electron chi connectivity index (χ0n) is 15.4. The molecule has 1 heterocycles. The molecule has 1 saturated heterocycles. The van der Waals surface area contributed by atoms with E-state index in [9.17, 15) is 4.79 Å². The average molecular weight is 344 g/mol. The number of benzene rings is 1. The summed E-state index contributed by atoms with van der Waals surface area (Å²) in [6.07, 6.45) is 7.53. The lowest BCUT2D eigenvalue weighted by Crippen LogP contribution is -2.42. The molecule has 1 amide bonds. The van der Waals surface area contributed by atoms with Gasteiger partial charge in [0.15, 0.2) is 0 Å². The normalized spacial score (nSPS) is 25.6. The van der Waals surface area contributed by atoms with E-state index in [0.717, 1.165) is 71.2 Å². The van der Waals surface area contributed by atoms with Gasteiger partial charge in [0, 0.05) is 31.6 Å². The van der Waals surface area contributed by atoms with E-state index < -0.39 is 0 Å². The molecule has 2 fully saturated rings. The summed E-state index contributed by atoms with van der Waals surface area (Å²) in [6, 6.07) is 10.9. The summed E-state index contributed by atoms with van der Waals surface area (Å²) in [5.41, 5.74) is 7.49. The Kier molecular flexibility index (Phi) is 6.88. The third-order valence-corrected chi connectivity index (χ3v) is 5.75. The van der Waals surface area contributed by atoms with Gasteiger partial charge in [-0.3, -0.25) is 4.79 Å². The molecule has 0 aromatic heterocycles. The zero-order chi connectivity index (χ0) is 17.5. The summed E-state index contributed by atoms with van der Waals surface area (Å²) in [7, 11) is 0. The van der Waals surface area contributed by atoms with E-state index in [1.54, 1.807) is 0 Å². The van der Waals surface area contributed by atoms with Gasteiger partial charge in [0.2, 0.25) is 5.91 Å². The second kappa shape index (κ2) is 9.35. The van der Waals surface area contributed by atoms with E-state index in [1.165, 1.54) is 12.0 Å². The fourth-order valence-corrected chi connectivity index (χ4v) is 4.28. The Balaban J connectivity index is 1.41. The Morgan fingerprint density at radius 2 is 1.88 bits per heavy atom. The highest BCUT2D eigenvalue weighted by molar-refractivity contribution is 5.79. The van der Waals surface area contributed by atoms with Gasteiger partial charge in [0.05, 0.1) is 0 Å². The molecule has 0 bridgehead atoms. The van der Waals surface area contributed by atoms with Crippen molar-refractivity contribution in [3.05, 3.63) is 35.9 Å². The molecule has 0 spiro atoms. The van der Waals surface area contributed by atoms with Gasteiger partial charge in [-0.1, -0.05) is 36.8 Å². The molecule has 1 aromatic rings. The minimum absolute atomic E-state index is 0.174. The van der Waals surface area contributed by atoms with Crippen LogP contribution in [-0.4, -0.2) is 54.5 Å². The summed E-state index contributed by atoms with van der Waals surface area (Å²) < 4.78 is 0. The van der Waals surface area contributed by atoms with E-state index in [0.29, 0.717) is 5.91 Å². The average Bonchev–Trinajstić information content (AvgIpc) is 2.88. The lowest BCUT2D eigenvalue weighted by Gasteiger charge is -2.31. The van der Waals surface area contributed by atoms with Crippen molar-refractivity contribution in [2.75, 3.05) is 32.7 Å². The Morgan fingerprint density at radius 3 is 2.68 bits per heavy atom. The number of hydrogen-bond acceptors (Lipinski definition) is 3. The highest BCUT2D eigenvalue weighted by atomic mass is 16.2. The van der Waals surface area contributed by atoms with E-state index in [4.69, 9.17) is 5.73 Å². The van der Waals surface area contributed by atoms with Gasteiger partial charge in [-0.25, -0.2) is 0 Å². The summed E-state index contributed by atoms with van der Waals surface area (Å²) in [5, 5.41) is 0. The third kappa shape index (κ3) is 5.55. The Morgan fingerprint density at radius 1 is 1.04 bits per heavy atom. The van der Waals surface area contributed by atoms with Crippen molar-refractivity contribution in [1.82, 2.24) is 9.80 Å². The monoisotopic (exact) mass is 343 g/mol. The van der Waals surface area contributed by atoms with Gasteiger partial charge in [-0.15, -0.1) is 0 Å². The van der Waals surface area contributed by atoms with E-state index in [1.807, 2.05) is 0 Å². The first-order valence-corrected chi connectivity index (χ1v) is 10.0. The molecule has 1 aliphatic carbocycles. The van der Waals surface area contributed by atoms with Gasteiger partial charge in [-0.05, 0) is 57.2 Å². The number of amides is 1. The number of nitrogens with two attached hydrogens (primary N) is 1. The Bertz CT molecular complexity index is 533.